The van der Waals surface area contributed by atoms with Crippen LogP contribution in [0, 0.1) is 11.6 Å². The smallest absolute Gasteiger partial charge is 0.201 e. The Kier molecular flexibility index (Phi) is 5.86. The zero-order chi connectivity index (χ0) is 24.8. The van der Waals surface area contributed by atoms with E-state index in [9.17, 15) is 30.4 Å². The van der Waals surface area contributed by atoms with Gasteiger partial charge < -0.3 is 4.98 Å². The van der Waals surface area contributed by atoms with Crippen molar-refractivity contribution >= 4 is 36.5 Å². The molecule has 4 aromatic rings. The minimum Gasteiger partial charge on any atom is -0.345 e. The van der Waals surface area contributed by atoms with Gasteiger partial charge in [-0.2, -0.15) is 0 Å². The number of aromatic nitrogens is 2. The van der Waals surface area contributed by atoms with Crippen molar-refractivity contribution in [2.24, 2.45) is 0 Å². The molecule has 2 heterocycles. The number of carbonyl (C=O) groups is 1. The second kappa shape index (κ2) is 8.41. The Morgan fingerprint density at radius 3 is 2.41 bits per heavy atom. The number of sulfone groups is 2. The Hall–Kier alpha value is -3.44. The number of halogens is 2. The van der Waals surface area contributed by atoms with Crippen LogP contribution in [0.15, 0.2) is 59.8 Å². The van der Waals surface area contributed by atoms with Crippen molar-refractivity contribution in [3.8, 4) is 11.1 Å². The Labute approximate surface area is 194 Å². The van der Waals surface area contributed by atoms with Crippen LogP contribution in [0.5, 0.6) is 0 Å². The van der Waals surface area contributed by atoms with Gasteiger partial charge in [-0.05, 0) is 29.8 Å². The number of hydrogen-bond acceptors (Lipinski definition) is 6. The van der Waals surface area contributed by atoms with Crippen LogP contribution in [0.1, 0.15) is 21.5 Å². The summed E-state index contributed by atoms with van der Waals surface area (Å²) in [7, 11) is -7.08. The van der Waals surface area contributed by atoms with Crippen molar-refractivity contribution in [2.75, 3.05) is 12.5 Å². The molecular weight excluding hydrogens is 486 g/mol. The number of nitrogens with zero attached hydrogens (tertiary/aromatic N) is 1. The lowest BCUT2D eigenvalue weighted by atomic mass is 9.99. The maximum Gasteiger partial charge on any atom is 0.201 e. The van der Waals surface area contributed by atoms with Gasteiger partial charge in [-0.3, -0.25) is 4.79 Å². The first-order valence-corrected chi connectivity index (χ1v) is 13.8. The summed E-state index contributed by atoms with van der Waals surface area (Å²) in [4.78, 5) is 20.3. The minimum absolute atomic E-state index is 0.0714. The molecule has 0 amide bonds. The highest BCUT2D eigenvalue weighted by molar-refractivity contribution is 7.90. The fraction of sp³-hybridized carbons (Fsp3) is 0.130. The zero-order valence-corrected chi connectivity index (χ0v) is 19.6. The zero-order valence-electron chi connectivity index (χ0n) is 18.0. The second-order valence-corrected chi connectivity index (χ2v) is 12.1. The monoisotopic (exact) mass is 504 g/mol. The SMILES string of the molecule is CS(=O)(=O)Cc1ccc(F)c(C(=O)c2c[nH]c3ncc(-c4cccc(S(C)(=O)=O)c4)cc23)c1F. The van der Waals surface area contributed by atoms with Crippen molar-refractivity contribution < 1.29 is 30.4 Å². The lowest BCUT2D eigenvalue weighted by Gasteiger charge is -2.09. The van der Waals surface area contributed by atoms with Gasteiger partial charge >= 0.3 is 0 Å². The predicted octanol–water partition coefficient (Wildman–Crippen LogP) is 3.69. The molecule has 0 atom stereocenters. The standard InChI is InChI=1S/C23H18F2N2O5S2/c1-33(29,30)12-14-6-7-19(24)20(21(14)25)22(28)18-11-27-23-17(18)9-15(10-26-23)13-4-3-5-16(8-13)34(2,31)32/h3-11H,12H2,1-2H3,(H,26,27). The number of nitrogens with one attached hydrogen (secondary N) is 1. The van der Waals surface area contributed by atoms with Crippen LogP contribution in [0.3, 0.4) is 0 Å². The summed E-state index contributed by atoms with van der Waals surface area (Å²) < 4.78 is 76.5. The van der Waals surface area contributed by atoms with Crippen molar-refractivity contribution in [3.63, 3.8) is 0 Å². The van der Waals surface area contributed by atoms with Gasteiger partial charge in [0, 0.05) is 47.0 Å². The molecule has 0 aliphatic carbocycles. The average Bonchev–Trinajstić information content (AvgIpc) is 3.18. The summed E-state index contributed by atoms with van der Waals surface area (Å²) in [5, 5.41) is 0.263. The van der Waals surface area contributed by atoms with Crippen molar-refractivity contribution in [2.45, 2.75) is 10.6 Å². The fourth-order valence-electron chi connectivity index (χ4n) is 3.59. The van der Waals surface area contributed by atoms with E-state index in [1.807, 2.05) is 0 Å². The van der Waals surface area contributed by atoms with Crippen LogP contribution in [-0.2, 0) is 25.4 Å². The number of aromatic amines is 1. The Bertz CT molecular complexity index is 1680. The van der Waals surface area contributed by atoms with Gasteiger partial charge in [-0.25, -0.2) is 30.6 Å². The summed E-state index contributed by atoms with van der Waals surface area (Å²) in [5.41, 5.74) is 0.0234. The highest BCUT2D eigenvalue weighted by Crippen LogP contribution is 2.29. The first kappa shape index (κ1) is 23.7. The summed E-state index contributed by atoms with van der Waals surface area (Å²) in [6, 6.07) is 9.55. The van der Waals surface area contributed by atoms with Crippen LogP contribution in [0.4, 0.5) is 8.78 Å². The van der Waals surface area contributed by atoms with Crippen LogP contribution in [0.25, 0.3) is 22.2 Å². The second-order valence-electron chi connectivity index (χ2n) is 7.92. The third kappa shape index (κ3) is 4.62. The average molecular weight is 505 g/mol. The summed E-state index contributed by atoms with van der Waals surface area (Å²) in [6.07, 6.45) is 4.72. The number of hydrogen-bond donors (Lipinski definition) is 1. The Balaban J connectivity index is 1.83. The van der Waals surface area contributed by atoms with E-state index in [0.717, 1.165) is 24.6 Å². The molecule has 11 heteroatoms. The lowest BCUT2D eigenvalue weighted by Crippen LogP contribution is -2.11. The molecule has 0 aliphatic rings. The third-order valence-electron chi connectivity index (χ3n) is 5.19. The molecule has 0 saturated carbocycles. The highest BCUT2D eigenvalue weighted by Gasteiger charge is 2.25. The number of fused-ring (bicyclic) bond motifs is 1. The van der Waals surface area contributed by atoms with Gasteiger partial charge in [0.2, 0.25) is 5.78 Å². The molecule has 2 aromatic heterocycles. The molecule has 0 unspecified atom stereocenters. The maximum absolute atomic E-state index is 15.0. The summed E-state index contributed by atoms with van der Waals surface area (Å²) >= 11 is 0. The number of pyridine rings is 1. The minimum atomic E-state index is -3.63. The van der Waals surface area contributed by atoms with Gasteiger partial charge in [0.15, 0.2) is 19.7 Å². The molecule has 0 fully saturated rings. The molecule has 34 heavy (non-hydrogen) atoms. The predicted molar refractivity (Wildman–Crippen MR) is 123 cm³/mol. The maximum atomic E-state index is 15.0. The molecule has 7 nitrogen and oxygen atoms in total. The largest absolute Gasteiger partial charge is 0.345 e. The van der Waals surface area contributed by atoms with Crippen molar-refractivity contribution in [3.05, 3.63) is 83.2 Å². The first-order valence-electron chi connectivity index (χ1n) is 9.82. The van der Waals surface area contributed by atoms with E-state index >= 15 is 0 Å². The highest BCUT2D eigenvalue weighted by atomic mass is 32.2. The molecule has 0 spiro atoms. The molecule has 0 saturated heterocycles. The first-order chi connectivity index (χ1) is 15.8. The van der Waals surface area contributed by atoms with Gasteiger partial charge in [-0.15, -0.1) is 0 Å². The summed E-state index contributed by atoms with van der Waals surface area (Å²) in [5.74, 6) is -4.04. The molecule has 2 aromatic carbocycles. The fourth-order valence-corrected chi connectivity index (χ4v) is 5.04. The number of carbonyl (C=O) groups excluding carboxylic acids is 1. The quantitative estimate of drug-likeness (QED) is 0.401. The molecule has 4 rings (SSSR count). The molecule has 0 radical (unpaired) electrons. The van der Waals surface area contributed by atoms with Crippen molar-refractivity contribution in [1.29, 1.82) is 0 Å². The Morgan fingerprint density at radius 2 is 1.74 bits per heavy atom. The van der Waals surface area contributed by atoms with Gasteiger partial charge in [0.05, 0.1) is 16.2 Å². The van der Waals surface area contributed by atoms with Crippen LogP contribution in [0.2, 0.25) is 0 Å². The number of ketones is 1. The van der Waals surface area contributed by atoms with E-state index < -0.39 is 48.4 Å². The van der Waals surface area contributed by atoms with Crippen LogP contribution < -0.4 is 0 Å². The number of benzene rings is 2. The normalized spacial score (nSPS) is 12.2. The van der Waals surface area contributed by atoms with Gasteiger partial charge in [0.25, 0.3) is 0 Å². The molecule has 0 aliphatic heterocycles. The number of rotatable bonds is 6. The van der Waals surface area contributed by atoms with E-state index in [1.54, 1.807) is 18.2 Å². The molecule has 1 N–H and O–H groups in total. The molecule has 176 valence electrons. The van der Waals surface area contributed by atoms with E-state index in [0.29, 0.717) is 11.1 Å². The third-order valence-corrected chi connectivity index (χ3v) is 7.13. The van der Waals surface area contributed by atoms with E-state index in [1.165, 1.54) is 24.5 Å². The van der Waals surface area contributed by atoms with Gasteiger partial charge in [0.1, 0.15) is 17.3 Å². The van der Waals surface area contributed by atoms with Gasteiger partial charge in [-0.1, -0.05) is 18.2 Å². The van der Waals surface area contributed by atoms with E-state index in [4.69, 9.17) is 0 Å². The van der Waals surface area contributed by atoms with Crippen LogP contribution >= 0.6 is 0 Å². The van der Waals surface area contributed by atoms with E-state index in [-0.39, 0.29) is 27.1 Å². The van der Waals surface area contributed by atoms with Crippen LogP contribution in [-0.4, -0.2) is 45.1 Å². The van der Waals surface area contributed by atoms with E-state index in [2.05, 4.69) is 9.97 Å². The molecule has 0 bridgehead atoms. The topological polar surface area (TPSA) is 114 Å². The van der Waals surface area contributed by atoms with Crippen molar-refractivity contribution in [1.82, 2.24) is 9.97 Å². The Morgan fingerprint density at radius 1 is 1.00 bits per heavy atom. The molecular formula is C23H18F2N2O5S2. The number of H-pyrrole nitrogens is 1. The lowest BCUT2D eigenvalue weighted by molar-refractivity contribution is 0.103. The summed E-state index contributed by atoms with van der Waals surface area (Å²) in [6.45, 7) is 0.